The lowest BCUT2D eigenvalue weighted by atomic mass is 10.2. The summed E-state index contributed by atoms with van der Waals surface area (Å²) in [4.78, 5) is 16.5. The maximum Gasteiger partial charge on any atom is 0.258 e. The van der Waals surface area contributed by atoms with E-state index in [0.717, 1.165) is 18.8 Å². The van der Waals surface area contributed by atoms with Gasteiger partial charge < -0.3 is 9.80 Å². The minimum absolute atomic E-state index is 0.0589. The van der Waals surface area contributed by atoms with E-state index in [2.05, 4.69) is 17.0 Å². The molecule has 0 bridgehead atoms. The van der Waals surface area contributed by atoms with Crippen molar-refractivity contribution < 1.29 is 4.79 Å². The first-order chi connectivity index (χ1) is 10.6. The zero-order chi connectivity index (χ0) is 15.5. The van der Waals surface area contributed by atoms with Crippen molar-refractivity contribution in [2.75, 3.05) is 29.9 Å². The summed E-state index contributed by atoms with van der Waals surface area (Å²) in [5.74, 6) is -0.0589. The summed E-state index contributed by atoms with van der Waals surface area (Å²) in [7, 11) is 1.79. The molecular weight excluding hydrogens is 296 g/mol. The molecule has 0 unspecified atom stereocenters. The number of halogens is 1. The second-order valence-electron chi connectivity index (χ2n) is 5.59. The summed E-state index contributed by atoms with van der Waals surface area (Å²) in [6, 6.07) is 15.2. The Morgan fingerprint density at radius 1 is 1.09 bits per heavy atom. The van der Waals surface area contributed by atoms with E-state index in [0.29, 0.717) is 10.6 Å². The molecule has 1 heterocycles. The Labute approximate surface area is 136 Å². The van der Waals surface area contributed by atoms with E-state index in [1.165, 1.54) is 18.5 Å². The van der Waals surface area contributed by atoms with Gasteiger partial charge in [-0.2, -0.15) is 0 Å². The zero-order valence-corrected chi connectivity index (χ0v) is 13.4. The van der Waals surface area contributed by atoms with Crippen LogP contribution in [0, 0.1) is 0 Å². The van der Waals surface area contributed by atoms with Crippen molar-refractivity contribution in [1.82, 2.24) is 0 Å². The highest BCUT2D eigenvalue weighted by molar-refractivity contribution is 6.31. The number of carbonyl (C=O) groups excluding carboxylic acids is 1. The normalized spacial score (nSPS) is 14.2. The van der Waals surface area contributed by atoms with E-state index in [1.807, 2.05) is 12.1 Å². The standard InChI is InChI=1S/C18H19ClN2O/c1-20(18(22)14-5-4-6-15(19)13-14)16-7-9-17(10-8-16)21-11-2-3-12-21/h4-10,13H,2-3,11-12H2,1H3. The van der Waals surface area contributed by atoms with Gasteiger partial charge in [0.15, 0.2) is 0 Å². The highest BCUT2D eigenvalue weighted by atomic mass is 35.5. The van der Waals surface area contributed by atoms with E-state index < -0.39 is 0 Å². The lowest BCUT2D eigenvalue weighted by Crippen LogP contribution is -2.26. The van der Waals surface area contributed by atoms with Crippen LogP contribution in [0.25, 0.3) is 0 Å². The van der Waals surface area contributed by atoms with Gasteiger partial charge in [-0.05, 0) is 55.3 Å². The molecule has 114 valence electrons. The van der Waals surface area contributed by atoms with Gasteiger partial charge in [0.25, 0.3) is 5.91 Å². The summed E-state index contributed by atoms with van der Waals surface area (Å²) < 4.78 is 0. The van der Waals surface area contributed by atoms with E-state index >= 15 is 0 Å². The molecule has 2 aromatic rings. The fourth-order valence-electron chi connectivity index (χ4n) is 2.79. The van der Waals surface area contributed by atoms with Gasteiger partial charge in [0, 0.05) is 42.1 Å². The van der Waals surface area contributed by atoms with Crippen molar-refractivity contribution in [1.29, 1.82) is 0 Å². The highest BCUT2D eigenvalue weighted by Crippen LogP contribution is 2.24. The number of rotatable bonds is 3. The van der Waals surface area contributed by atoms with E-state index in [9.17, 15) is 4.79 Å². The zero-order valence-electron chi connectivity index (χ0n) is 12.6. The van der Waals surface area contributed by atoms with Crippen molar-refractivity contribution in [3.8, 4) is 0 Å². The molecule has 3 nitrogen and oxygen atoms in total. The molecule has 1 aliphatic heterocycles. The predicted octanol–water partition coefficient (Wildman–Crippen LogP) is 4.22. The summed E-state index contributed by atoms with van der Waals surface area (Å²) >= 11 is 5.96. The molecule has 0 N–H and O–H groups in total. The van der Waals surface area contributed by atoms with Gasteiger partial charge in [-0.3, -0.25) is 4.79 Å². The number of benzene rings is 2. The van der Waals surface area contributed by atoms with Crippen molar-refractivity contribution in [3.63, 3.8) is 0 Å². The van der Waals surface area contributed by atoms with Gasteiger partial charge in [-0.15, -0.1) is 0 Å². The number of amides is 1. The Balaban J connectivity index is 1.76. The lowest BCUT2D eigenvalue weighted by molar-refractivity contribution is 0.0993. The number of hydrogen-bond acceptors (Lipinski definition) is 2. The number of hydrogen-bond donors (Lipinski definition) is 0. The third kappa shape index (κ3) is 3.09. The molecule has 0 atom stereocenters. The van der Waals surface area contributed by atoms with Gasteiger partial charge in [0.1, 0.15) is 0 Å². The lowest BCUT2D eigenvalue weighted by Gasteiger charge is -2.21. The molecule has 0 radical (unpaired) electrons. The van der Waals surface area contributed by atoms with Crippen LogP contribution in [0.4, 0.5) is 11.4 Å². The molecule has 4 heteroatoms. The molecule has 0 spiro atoms. The van der Waals surface area contributed by atoms with Gasteiger partial charge in [0.2, 0.25) is 0 Å². The number of anilines is 2. The van der Waals surface area contributed by atoms with Crippen molar-refractivity contribution in [2.45, 2.75) is 12.8 Å². The molecule has 1 saturated heterocycles. The maximum absolute atomic E-state index is 12.5. The number of nitrogens with zero attached hydrogens (tertiary/aromatic N) is 2. The average molecular weight is 315 g/mol. The molecule has 1 amide bonds. The van der Waals surface area contributed by atoms with Crippen molar-refractivity contribution >= 4 is 28.9 Å². The topological polar surface area (TPSA) is 23.6 Å². The predicted molar refractivity (Wildman–Crippen MR) is 92.1 cm³/mol. The van der Waals surface area contributed by atoms with Crippen LogP contribution >= 0.6 is 11.6 Å². The Hall–Kier alpha value is -2.00. The Kier molecular flexibility index (Phi) is 4.34. The molecular formula is C18H19ClN2O. The summed E-state index contributed by atoms with van der Waals surface area (Å²) in [5.41, 5.74) is 2.70. The number of carbonyl (C=O) groups is 1. The largest absolute Gasteiger partial charge is 0.372 e. The molecule has 3 rings (SSSR count). The first kappa shape index (κ1) is 14.9. The molecule has 0 saturated carbocycles. The van der Waals surface area contributed by atoms with Crippen LogP contribution in [0.5, 0.6) is 0 Å². The minimum Gasteiger partial charge on any atom is -0.372 e. The van der Waals surface area contributed by atoms with Gasteiger partial charge in [-0.1, -0.05) is 17.7 Å². The monoisotopic (exact) mass is 314 g/mol. The molecule has 0 aliphatic carbocycles. The Morgan fingerprint density at radius 3 is 2.41 bits per heavy atom. The quantitative estimate of drug-likeness (QED) is 0.847. The smallest absolute Gasteiger partial charge is 0.258 e. The highest BCUT2D eigenvalue weighted by Gasteiger charge is 2.15. The summed E-state index contributed by atoms with van der Waals surface area (Å²) in [6.45, 7) is 2.24. The van der Waals surface area contributed by atoms with Crippen LogP contribution in [0.3, 0.4) is 0 Å². The van der Waals surface area contributed by atoms with Crippen LogP contribution in [-0.4, -0.2) is 26.0 Å². The van der Waals surface area contributed by atoms with Crippen LogP contribution in [0.2, 0.25) is 5.02 Å². The molecule has 2 aromatic carbocycles. The third-order valence-electron chi connectivity index (χ3n) is 4.08. The first-order valence-electron chi connectivity index (χ1n) is 7.54. The van der Waals surface area contributed by atoms with E-state index in [-0.39, 0.29) is 5.91 Å². The second-order valence-corrected chi connectivity index (χ2v) is 6.02. The molecule has 1 aliphatic rings. The van der Waals surface area contributed by atoms with E-state index in [1.54, 1.807) is 36.2 Å². The van der Waals surface area contributed by atoms with E-state index in [4.69, 9.17) is 11.6 Å². The van der Waals surface area contributed by atoms with Gasteiger partial charge >= 0.3 is 0 Å². The van der Waals surface area contributed by atoms with Crippen LogP contribution < -0.4 is 9.80 Å². The minimum atomic E-state index is -0.0589. The first-order valence-corrected chi connectivity index (χ1v) is 7.91. The summed E-state index contributed by atoms with van der Waals surface area (Å²) in [6.07, 6.45) is 2.52. The molecule has 0 aromatic heterocycles. The maximum atomic E-state index is 12.5. The fourth-order valence-corrected chi connectivity index (χ4v) is 2.99. The van der Waals surface area contributed by atoms with Crippen LogP contribution in [-0.2, 0) is 0 Å². The van der Waals surface area contributed by atoms with Crippen molar-refractivity contribution in [2.24, 2.45) is 0 Å². The third-order valence-corrected chi connectivity index (χ3v) is 4.32. The van der Waals surface area contributed by atoms with Crippen LogP contribution in [0.1, 0.15) is 23.2 Å². The van der Waals surface area contributed by atoms with Crippen LogP contribution in [0.15, 0.2) is 48.5 Å². The average Bonchev–Trinajstić information content (AvgIpc) is 3.08. The van der Waals surface area contributed by atoms with Gasteiger partial charge in [-0.25, -0.2) is 0 Å². The van der Waals surface area contributed by atoms with Crippen molar-refractivity contribution in [3.05, 3.63) is 59.1 Å². The van der Waals surface area contributed by atoms with Gasteiger partial charge in [0.05, 0.1) is 0 Å². The SMILES string of the molecule is CN(C(=O)c1cccc(Cl)c1)c1ccc(N2CCCC2)cc1. The Morgan fingerprint density at radius 2 is 1.77 bits per heavy atom. The Bertz CT molecular complexity index is 663. The fraction of sp³-hybridized carbons (Fsp3) is 0.278. The summed E-state index contributed by atoms with van der Waals surface area (Å²) in [5, 5.41) is 0.573. The molecule has 1 fully saturated rings. The molecule has 22 heavy (non-hydrogen) atoms. The second kappa shape index (κ2) is 6.41.